The van der Waals surface area contributed by atoms with Gasteiger partial charge in [-0.05, 0) is 31.0 Å². The molecule has 26 heavy (non-hydrogen) atoms. The second-order valence-corrected chi connectivity index (χ2v) is 7.58. The van der Waals surface area contributed by atoms with Crippen molar-refractivity contribution in [2.24, 2.45) is 0 Å². The third kappa shape index (κ3) is 3.26. The van der Waals surface area contributed by atoms with Crippen LogP contribution in [-0.4, -0.2) is 33.7 Å². The molecule has 0 radical (unpaired) electrons. The van der Waals surface area contributed by atoms with Crippen molar-refractivity contribution in [1.29, 1.82) is 0 Å². The zero-order valence-corrected chi connectivity index (χ0v) is 15.6. The Morgan fingerprint density at radius 2 is 2.27 bits per heavy atom. The molecule has 1 aliphatic rings. The summed E-state index contributed by atoms with van der Waals surface area (Å²) in [4.78, 5) is 19.3. The molecule has 1 atom stereocenters. The Labute approximate surface area is 158 Å². The van der Waals surface area contributed by atoms with Crippen LogP contribution in [0.5, 0.6) is 0 Å². The maximum atomic E-state index is 13.3. The van der Waals surface area contributed by atoms with E-state index in [1.54, 1.807) is 12.1 Å². The molecule has 6 nitrogen and oxygen atoms in total. The van der Waals surface area contributed by atoms with Gasteiger partial charge in [0.05, 0.1) is 5.02 Å². The molecule has 0 saturated carbocycles. The third-order valence-corrected chi connectivity index (χ3v) is 5.57. The lowest BCUT2D eigenvalue weighted by atomic mass is 10.3. The van der Waals surface area contributed by atoms with Gasteiger partial charge in [-0.15, -0.1) is 5.10 Å². The molecule has 4 rings (SSSR count). The number of rotatable bonds is 4. The molecule has 1 fully saturated rings. The molecule has 1 aromatic carbocycles. The van der Waals surface area contributed by atoms with Crippen molar-refractivity contribution in [3.05, 3.63) is 51.2 Å². The number of fused-ring (bicyclic) bond motifs is 1. The molecular weight excluding hydrogens is 377 g/mol. The van der Waals surface area contributed by atoms with Crippen molar-refractivity contribution in [1.82, 2.24) is 14.6 Å². The number of benzene rings is 1. The summed E-state index contributed by atoms with van der Waals surface area (Å²) in [6.07, 6.45) is 1.62. The predicted molar refractivity (Wildman–Crippen MR) is 102 cm³/mol. The number of aromatic nitrogens is 3. The molecule has 1 unspecified atom stereocenters. The molecule has 9 heteroatoms. The molecule has 3 heterocycles. The van der Waals surface area contributed by atoms with E-state index in [0.29, 0.717) is 16.5 Å². The highest BCUT2D eigenvalue weighted by molar-refractivity contribution is 7.20. The van der Waals surface area contributed by atoms with Crippen molar-refractivity contribution in [2.45, 2.75) is 25.8 Å². The molecule has 136 valence electrons. The fraction of sp³-hybridized carbons (Fsp3) is 0.353. The quantitative estimate of drug-likeness (QED) is 0.737. The number of hydrogen-bond acceptors (Lipinski definition) is 6. The number of nitrogens with one attached hydrogen (secondary N) is 1. The zero-order valence-electron chi connectivity index (χ0n) is 14.1. The molecule has 0 spiro atoms. The maximum Gasteiger partial charge on any atom is 0.275 e. The standard InChI is InChI=1S/C17H17ClFN5OS/c1-2-10-7-15(25)24-17(21-10)26-16(22-24)20-11-5-6-23(9-11)12-3-4-14(19)13(18)8-12/h3-4,7-8,11H,2,5-6,9H2,1H3,(H,20,22). The Morgan fingerprint density at radius 1 is 1.42 bits per heavy atom. The van der Waals surface area contributed by atoms with Crippen LogP contribution in [-0.2, 0) is 6.42 Å². The molecule has 0 amide bonds. The Hall–Kier alpha value is -2.19. The molecule has 1 saturated heterocycles. The molecule has 1 aliphatic heterocycles. The van der Waals surface area contributed by atoms with E-state index >= 15 is 0 Å². The van der Waals surface area contributed by atoms with Crippen LogP contribution in [0.1, 0.15) is 19.0 Å². The molecule has 0 aliphatic carbocycles. The molecule has 2 aromatic heterocycles. The van der Waals surface area contributed by atoms with E-state index in [1.807, 2.05) is 6.92 Å². The van der Waals surface area contributed by atoms with E-state index in [1.165, 1.54) is 28.0 Å². The van der Waals surface area contributed by atoms with Crippen molar-refractivity contribution in [2.75, 3.05) is 23.3 Å². The van der Waals surface area contributed by atoms with E-state index in [-0.39, 0.29) is 16.6 Å². The summed E-state index contributed by atoms with van der Waals surface area (Å²) in [5.41, 5.74) is 1.51. The Balaban J connectivity index is 1.50. The zero-order chi connectivity index (χ0) is 18.3. The van der Waals surface area contributed by atoms with Gasteiger partial charge < -0.3 is 10.2 Å². The first kappa shape index (κ1) is 17.2. The summed E-state index contributed by atoms with van der Waals surface area (Å²) < 4.78 is 14.7. The SMILES string of the molecule is CCc1cc(=O)n2nc(NC3CCN(c4ccc(F)c(Cl)c4)C3)sc2n1. The monoisotopic (exact) mass is 393 g/mol. The number of aryl methyl sites for hydroxylation is 1. The topological polar surface area (TPSA) is 62.5 Å². The Bertz CT molecular complexity index is 1020. The fourth-order valence-electron chi connectivity index (χ4n) is 3.06. The van der Waals surface area contributed by atoms with Crippen molar-refractivity contribution < 1.29 is 4.39 Å². The van der Waals surface area contributed by atoms with Gasteiger partial charge in [0.15, 0.2) is 0 Å². The van der Waals surface area contributed by atoms with Crippen LogP contribution in [0.2, 0.25) is 5.02 Å². The van der Waals surface area contributed by atoms with Gasteiger partial charge in [-0.3, -0.25) is 4.79 Å². The predicted octanol–water partition coefficient (Wildman–Crippen LogP) is 3.20. The largest absolute Gasteiger partial charge is 0.369 e. The van der Waals surface area contributed by atoms with E-state index in [9.17, 15) is 9.18 Å². The lowest BCUT2D eigenvalue weighted by molar-refractivity contribution is 0.628. The highest BCUT2D eigenvalue weighted by Gasteiger charge is 2.24. The van der Waals surface area contributed by atoms with Gasteiger partial charge in [0.2, 0.25) is 10.1 Å². The van der Waals surface area contributed by atoms with Gasteiger partial charge in [0.25, 0.3) is 5.56 Å². The van der Waals surface area contributed by atoms with Crippen LogP contribution in [0.4, 0.5) is 15.2 Å². The maximum absolute atomic E-state index is 13.3. The average molecular weight is 394 g/mol. The summed E-state index contributed by atoms with van der Waals surface area (Å²) in [5, 5.41) is 8.51. The first-order valence-corrected chi connectivity index (χ1v) is 9.59. The van der Waals surface area contributed by atoms with Crippen LogP contribution in [0.3, 0.4) is 0 Å². The highest BCUT2D eigenvalue weighted by atomic mass is 35.5. The minimum atomic E-state index is -0.414. The van der Waals surface area contributed by atoms with E-state index in [4.69, 9.17) is 11.6 Å². The lowest BCUT2D eigenvalue weighted by Crippen LogP contribution is -2.26. The molecule has 1 N–H and O–H groups in total. The van der Waals surface area contributed by atoms with Gasteiger partial charge in [-0.1, -0.05) is 29.9 Å². The van der Waals surface area contributed by atoms with E-state index in [0.717, 1.165) is 30.9 Å². The van der Waals surface area contributed by atoms with E-state index in [2.05, 4.69) is 20.3 Å². The summed E-state index contributed by atoms with van der Waals surface area (Å²) in [5.74, 6) is -0.414. The van der Waals surface area contributed by atoms with Crippen LogP contribution in [0.25, 0.3) is 4.96 Å². The van der Waals surface area contributed by atoms with Gasteiger partial charge in [-0.2, -0.15) is 4.52 Å². The first-order valence-electron chi connectivity index (χ1n) is 8.40. The average Bonchev–Trinajstić information content (AvgIpc) is 3.24. The van der Waals surface area contributed by atoms with E-state index < -0.39 is 5.82 Å². The van der Waals surface area contributed by atoms with Gasteiger partial charge in [0.1, 0.15) is 5.82 Å². The van der Waals surface area contributed by atoms with Crippen LogP contribution >= 0.6 is 22.9 Å². The van der Waals surface area contributed by atoms with Gasteiger partial charge >= 0.3 is 0 Å². The second-order valence-electron chi connectivity index (χ2n) is 6.22. The van der Waals surface area contributed by atoms with Crippen LogP contribution in [0.15, 0.2) is 29.1 Å². The summed E-state index contributed by atoms with van der Waals surface area (Å²) in [6, 6.07) is 6.46. The number of nitrogens with zero attached hydrogens (tertiary/aromatic N) is 4. The van der Waals surface area contributed by atoms with Crippen LogP contribution in [0, 0.1) is 5.82 Å². The summed E-state index contributed by atoms with van der Waals surface area (Å²) in [7, 11) is 0. The van der Waals surface area contributed by atoms with Crippen molar-refractivity contribution in [3.63, 3.8) is 0 Å². The highest BCUT2D eigenvalue weighted by Crippen LogP contribution is 2.27. The normalized spacial score (nSPS) is 17.2. The fourth-order valence-corrected chi connectivity index (χ4v) is 4.14. The molecular formula is C17H17ClFN5OS. The summed E-state index contributed by atoms with van der Waals surface area (Å²) in [6.45, 7) is 3.55. The number of anilines is 2. The second kappa shape index (κ2) is 6.85. The summed E-state index contributed by atoms with van der Waals surface area (Å²) >= 11 is 7.25. The number of hydrogen-bond donors (Lipinski definition) is 1. The van der Waals surface area contributed by atoms with Crippen molar-refractivity contribution >= 4 is 38.7 Å². The smallest absolute Gasteiger partial charge is 0.275 e. The Morgan fingerprint density at radius 3 is 3.04 bits per heavy atom. The third-order valence-electron chi connectivity index (χ3n) is 4.44. The van der Waals surface area contributed by atoms with Crippen molar-refractivity contribution in [3.8, 4) is 0 Å². The molecule has 0 bridgehead atoms. The molecule has 3 aromatic rings. The number of halogens is 2. The first-order chi connectivity index (χ1) is 12.5. The lowest BCUT2D eigenvalue weighted by Gasteiger charge is -2.19. The van der Waals surface area contributed by atoms with Gasteiger partial charge in [-0.25, -0.2) is 9.37 Å². The minimum Gasteiger partial charge on any atom is -0.369 e. The van der Waals surface area contributed by atoms with Gasteiger partial charge in [0, 0.05) is 36.6 Å². The minimum absolute atomic E-state index is 0.127. The Kier molecular flexibility index (Phi) is 4.54. The van der Waals surface area contributed by atoms with Crippen LogP contribution < -0.4 is 15.8 Å².